The van der Waals surface area contributed by atoms with Crippen molar-refractivity contribution in [1.82, 2.24) is 0 Å². The summed E-state index contributed by atoms with van der Waals surface area (Å²) in [5, 5.41) is 0.185. The van der Waals surface area contributed by atoms with E-state index in [1.54, 1.807) is 21.3 Å². The van der Waals surface area contributed by atoms with Crippen molar-refractivity contribution in [3.63, 3.8) is 0 Å². The lowest BCUT2D eigenvalue weighted by molar-refractivity contribution is -0.114. The van der Waals surface area contributed by atoms with E-state index < -0.39 is 8.32 Å². The summed E-state index contributed by atoms with van der Waals surface area (Å²) >= 11 is 0. The molecule has 0 aromatic heterocycles. The lowest BCUT2D eigenvalue weighted by Gasteiger charge is -2.38. The highest BCUT2D eigenvalue weighted by Gasteiger charge is 2.38. The minimum atomic E-state index is -1.83. The van der Waals surface area contributed by atoms with Gasteiger partial charge in [0.2, 0.25) is 0 Å². The maximum Gasteiger partial charge on any atom is 0.191 e. The van der Waals surface area contributed by atoms with E-state index >= 15 is 0 Å². The number of ether oxygens (including phenoxy) is 6. The minimum Gasteiger partial charge on any atom is -0.497 e. The second-order valence-corrected chi connectivity index (χ2v) is 18.9. The zero-order chi connectivity index (χ0) is 33.3. The highest BCUT2D eigenvalue weighted by molar-refractivity contribution is 6.74. The van der Waals surface area contributed by atoms with Crippen LogP contribution in [0.2, 0.25) is 18.1 Å². The molecule has 0 fully saturated rings. The molecule has 0 spiro atoms. The predicted octanol–water partition coefficient (Wildman–Crippen LogP) is 8.67. The maximum atomic E-state index is 6.55. The molecule has 0 aliphatic rings. The van der Waals surface area contributed by atoms with Gasteiger partial charge in [-0.25, -0.2) is 0 Å². The van der Waals surface area contributed by atoms with Crippen LogP contribution in [0.3, 0.4) is 0 Å². The average molecular weight is 639 g/mol. The molecule has 0 heterocycles. The molecule has 0 unspecified atom stereocenters. The van der Waals surface area contributed by atoms with Crippen LogP contribution in [0.1, 0.15) is 79.7 Å². The minimum absolute atomic E-state index is 0.0550. The van der Waals surface area contributed by atoms with Crippen molar-refractivity contribution in [3.05, 3.63) is 41.5 Å². The fraction of sp³-hybridized carbons (Fsp3) is 0.778. The molecule has 0 bridgehead atoms. The van der Waals surface area contributed by atoms with Crippen LogP contribution in [0, 0.1) is 17.8 Å². The normalized spacial score (nSPS) is 17.2. The highest BCUT2D eigenvalue weighted by atomic mass is 28.4. The Morgan fingerprint density at radius 1 is 0.886 bits per heavy atom. The van der Waals surface area contributed by atoms with Crippen molar-refractivity contribution in [2.75, 3.05) is 48.4 Å². The molecule has 1 aromatic carbocycles. The van der Waals surface area contributed by atoms with Gasteiger partial charge in [-0.15, -0.1) is 0 Å². The topological polar surface area (TPSA) is 64.6 Å². The van der Waals surface area contributed by atoms with Gasteiger partial charge in [0.15, 0.2) is 8.32 Å². The lowest BCUT2D eigenvalue weighted by atomic mass is 9.88. The van der Waals surface area contributed by atoms with Gasteiger partial charge < -0.3 is 32.8 Å². The van der Waals surface area contributed by atoms with Crippen molar-refractivity contribution in [2.24, 2.45) is 17.8 Å². The molecule has 0 N–H and O–H groups in total. The molecule has 6 atom stereocenters. The van der Waals surface area contributed by atoms with E-state index in [1.807, 2.05) is 31.4 Å². The Morgan fingerprint density at radius 3 is 2.09 bits per heavy atom. The van der Waals surface area contributed by atoms with Gasteiger partial charge in [-0.1, -0.05) is 59.8 Å². The van der Waals surface area contributed by atoms with Crippen molar-refractivity contribution < 1.29 is 32.8 Å². The number of hydrogen-bond donors (Lipinski definition) is 0. The smallest absolute Gasteiger partial charge is 0.191 e. The summed E-state index contributed by atoms with van der Waals surface area (Å²) in [5.74, 6) is 1.92. The Bertz CT molecular complexity index is 912. The summed E-state index contributed by atoms with van der Waals surface area (Å²) in [4.78, 5) is 0. The molecule has 0 saturated carbocycles. The molecule has 0 amide bonds. The zero-order valence-corrected chi connectivity index (χ0v) is 31.4. The lowest BCUT2D eigenvalue weighted by Crippen LogP contribution is -2.43. The third-order valence-electron chi connectivity index (χ3n) is 9.26. The van der Waals surface area contributed by atoms with Crippen LogP contribution in [0.15, 0.2) is 35.9 Å². The van der Waals surface area contributed by atoms with Crippen LogP contribution in [-0.4, -0.2) is 75.1 Å². The van der Waals surface area contributed by atoms with Crippen molar-refractivity contribution in [2.45, 2.75) is 117 Å². The first kappa shape index (κ1) is 40.8. The molecular formula is C36H66O7Si. The summed E-state index contributed by atoms with van der Waals surface area (Å²) in [7, 11) is 5.10. The third-order valence-corrected chi connectivity index (χ3v) is 13.8. The fourth-order valence-electron chi connectivity index (χ4n) is 5.12. The molecule has 44 heavy (non-hydrogen) atoms. The first-order valence-corrected chi connectivity index (χ1v) is 19.3. The van der Waals surface area contributed by atoms with Crippen LogP contribution in [-0.2, 0) is 34.7 Å². The van der Waals surface area contributed by atoms with Crippen LogP contribution in [0.5, 0.6) is 5.75 Å². The molecule has 0 saturated heterocycles. The number of rotatable bonds is 23. The Balaban J connectivity index is 2.62. The molecule has 8 heteroatoms. The van der Waals surface area contributed by atoms with Gasteiger partial charge in [0.05, 0.1) is 38.6 Å². The molecular weight excluding hydrogens is 572 g/mol. The largest absolute Gasteiger partial charge is 0.497 e. The van der Waals surface area contributed by atoms with E-state index in [0.29, 0.717) is 38.4 Å². The van der Waals surface area contributed by atoms with Crippen LogP contribution >= 0.6 is 0 Å². The Hall–Kier alpha value is -1.26. The molecule has 0 aliphatic heterocycles. The molecule has 1 rings (SSSR count). The van der Waals surface area contributed by atoms with Crippen LogP contribution in [0.25, 0.3) is 0 Å². The number of hydrogen-bond acceptors (Lipinski definition) is 7. The van der Waals surface area contributed by atoms with E-state index in [1.165, 1.54) is 5.57 Å². The first-order chi connectivity index (χ1) is 20.7. The fourth-order valence-corrected chi connectivity index (χ4v) is 6.24. The molecule has 0 radical (unpaired) electrons. The molecule has 7 nitrogen and oxygen atoms in total. The SMILES string of the molecule is COCO[C@H]([C@H](C)CC[C@H](OC)/C(C)=C/C[C@@H](C)C[C@H](COCc1ccc(OC)cc1)OC)[C@H](C)CO[Si](C)(C)C(C)(C)C. The van der Waals surface area contributed by atoms with E-state index in [2.05, 4.69) is 67.6 Å². The summed E-state index contributed by atoms with van der Waals surface area (Å²) in [6.45, 7) is 22.5. The molecule has 1 aromatic rings. The van der Waals surface area contributed by atoms with E-state index in [9.17, 15) is 0 Å². The first-order valence-electron chi connectivity index (χ1n) is 16.4. The van der Waals surface area contributed by atoms with Crippen LogP contribution < -0.4 is 4.74 Å². The second-order valence-electron chi connectivity index (χ2n) is 14.1. The van der Waals surface area contributed by atoms with E-state index in [4.69, 9.17) is 32.8 Å². The van der Waals surface area contributed by atoms with Crippen molar-refractivity contribution in [3.8, 4) is 5.75 Å². The van der Waals surface area contributed by atoms with Gasteiger partial charge in [-0.3, -0.25) is 0 Å². The molecule has 256 valence electrons. The quantitative estimate of drug-likeness (QED) is 0.0675. The molecule has 0 aliphatic carbocycles. The Labute approximate surface area is 271 Å². The number of benzene rings is 1. The van der Waals surface area contributed by atoms with Gasteiger partial charge in [-0.05, 0) is 85.8 Å². The van der Waals surface area contributed by atoms with Gasteiger partial charge in [0.25, 0.3) is 0 Å². The third kappa shape index (κ3) is 14.9. The summed E-state index contributed by atoms with van der Waals surface area (Å²) in [6.07, 6.45) is 6.38. The summed E-state index contributed by atoms with van der Waals surface area (Å²) in [5.41, 5.74) is 2.40. The maximum absolute atomic E-state index is 6.55. The average Bonchev–Trinajstić information content (AvgIpc) is 2.98. The summed E-state index contributed by atoms with van der Waals surface area (Å²) in [6, 6.07) is 7.97. The van der Waals surface area contributed by atoms with E-state index in [0.717, 1.165) is 37.0 Å². The van der Waals surface area contributed by atoms with Crippen molar-refractivity contribution >= 4 is 8.32 Å². The number of allylic oxidation sites excluding steroid dienone is 1. The van der Waals surface area contributed by atoms with Gasteiger partial charge in [0.1, 0.15) is 12.5 Å². The predicted molar refractivity (Wildman–Crippen MR) is 184 cm³/mol. The van der Waals surface area contributed by atoms with E-state index in [-0.39, 0.29) is 29.3 Å². The Morgan fingerprint density at radius 2 is 1.55 bits per heavy atom. The zero-order valence-electron chi connectivity index (χ0n) is 30.4. The summed E-state index contributed by atoms with van der Waals surface area (Å²) < 4.78 is 40.9. The van der Waals surface area contributed by atoms with Crippen molar-refractivity contribution in [1.29, 1.82) is 0 Å². The van der Waals surface area contributed by atoms with Gasteiger partial charge in [0, 0.05) is 33.9 Å². The monoisotopic (exact) mass is 638 g/mol. The second kappa shape index (κ2) is 20.8. The van der Waals surface area contributed by atoms with Gasteiger partial charge in [-0.2, -0.15) is 0 Å². The Kier molecular flexibility index (Phi) is 19.2. The standard InChI is InChI=1S/C36H66O7Si/c1-27(22-33(39-10)25-41-24-31-17-19-32(38-9)20-18-31)14-15-28(2)34(40-11)21-16-29(3)35(42-26-37-8)30(4)23-43-44(12,13)36(5,6)7/h15,17-20,27,29-30,33-35H,14,16,21-26H2,1-13H3/b28-15+/t27-,29-,30-,33-,34+,35-/m1/s1. The van der Waals surface area contributed by atoms with Crippen LogP contribution in [0.4, 0.5) is 0 Å². The number of methoxy groups -OCH3 is 4. The highest BCUT2D eigenvalue weighted by Crippen LogP contribution is 2.37. The van der Waals surface area contributed by atoms with Gasteiger partial charge >= 0.3 is 0 Å².